The van der Waals surface area contributed by atoms with E-state index in [4.69, 9.17) is 22.1 Å². The summed E-state index contributed by atoms with van der Waals surface area (Å²) in [6, 6.07) is 15.0. The van der Waals surface area contributed by atoms with Crippen molar-refractivity contribution in [2.45, 2.75) is 0 Å². The number of hydrogen-bond donors (Lipinski definition) is 2. The molecule has 18 heavy (non-hydrogen) atoms. The van der Waals surface area contributed by atoms with Gasteiger partial charge in [0.05, 0.1) is 0 Å². The average molecular weight is 263 g/mol. The molecule has 0 bridgehead atoms. The van der Waals surface area contributed by atoms with Crippen molar-refractivity contribution in [2.24, 2.45) is 0 Å². The number of nitrogens with one attached hydrogen (secondary N) is 1. The minimum absolute atomic E-state index is 0.565. The van der Waals surface area contributed by atoms with E-state index in [2.05, 4.69) is 5.32 Å². The van der Waals surface area contributed by atoms with Crippen molar-refractivity contribution in [2.75, 3.05) is 24.2 Å². The molecule has 0 atom stereocenters. The van der Waals surface area contributed by atoms with Gasteiger partial charge in [-0.1, -0.05) is 23.7 Å². The Kier molecular flexibility index (Phi) is 4.31. The van der Waals surface area contributed by atoms with Crippen LogP contribution in [0.1, 0.15) is 0 Å². The van der Waals surface area contributed by atoms with Gasteiger partial charge in [0, 0.05) is 29.0 Å². The number of anilines is 2. The Hall–Kier alpha value is -1.87. The first-order valence-electron chi connectivity index (χ1n) is 5.72. The van der Waals surface area contributed by atoms with Crippen LogP contribution in [0, 0.1) is 0 Å². The van der Waals surface area contributed by atoms with Gasteiger partial charge in [0.1, 0.15) is 12.4 Å². The second-order valence-electron chi connectivity index (χ2n) is 3.86. The molecule has 3 N–H and O–H groups in total. The van der Waals surface area contributed by atoms with Gasteiger partial charge in [-0.05, 0) is 30.3 Å². The van der Waals surface area contributed by atoms with E-state index in [1.165, 1.54) is 0 Å². The highest BCUT2D eigenvalue weighted by atomic mass is 35.5. The quantitative estimate of drug-likeness (QED) is 0.641. The molecular weight excluding hydrogens is 248 g/mol. The second kappa shape index (κ2) is 6.17. The van der Waals surface area contributed by atoms with Gasteiger partial charge in [0.15, 0.2) is 0 Å². The van der Waals surface area contributed by atoms with Crippen LogP contribution in [-0.4, -0.2) is 13.2 Å². The van der Waals surface area contributed by atoms with Gasteiger partial charge in [-0.15, -0.1) is 0 Å². The molecule has 4 heteroatoms. The molecule has 0 saturated carbocycles. The molecule has 2 aromatic carbocycles. The summed E-state index contributed by atoms with van der Waals surface area (Å²) >= 11 is 5.89. The topological polar surface area (TPSA) is 47.3 Å². The predicted molar refractivity (Wildman–Crippen MR) is 76.3 cm³/mol. The van der Waals surface area contributed by atoms with E-state index in [0.29, 0.717) is 18.8 Å². The van der Waals surface area contributed by atoms with E-state index in [1.54, 1.807) is 6.07 Å². The Morgan fingerprint density at radius 3 is 2.72 bits per heavy atom. The lowest BCUT2D eigenvalue weighted by atomic mass is 10.3. The number of rotatable bonds is 5. The van der Waals surface area contributed by atoms with Gasteiger partial charge >= 0.3 is 0 Å². The van der Waals surface area contributed by atoms with Crippen LogP contribution in [0.3, 0.4) is 0 Å². The van der Waals surface area contributed by atoms with Crippen molar-refractivity contribution in [3.63, 3.8) is 0 Å². The molecule has 0 amide bonds. The summed E-state index contributed by atoms with van der Waals surface area (Å²) in [6.45, 7) is 1.27. The van der Waals surface area contributed by atoms with Gasteiger partial charge in [-0.2, -0.15) is 0 Å². The van der Waals surface area contributed by atoms with E-state index in [-0.39, 0.29) is 0 Å². The Bertz CT molecular complexity index is 469. The van der Waals surface area contributed by atoms with Crippen molar-refractivity contribution in [3.8, 4) is 5.75 Å². The fourth-order valence-corrected chi connectivity index (χ4v) is 1.76. The minimum Gasteiger partial charge on any atom is -0.492 e. The molecule has 0 aromatic heterocycles. The Morgan fingerprint density at radius 1 is 1.11 bits per heavy atom. The standard InChI is InChI=1S/C14H15ClN2O/c15-11-3-1-5-13(9-11)17-7-8-18-14-6-2-4-12(16)10-14/h1-6,9-10,17H,7-8,16H2. The fraction of sp³-hybridized carbons (Fsp3) is 0.143. The first-order chi connectivity index (χ1) is 8.74. The Labute approximate surface area is 112 Å². The highest BCUT2D eigenvalue weighted by Crippen LogP contribution is 2.15. The third-order valence-electron chi connectivity index (χ3n) is 2.38. The monoisotopic (exact) mass is 262 g/mol. The highest BCUT2D eigenvalue weighted by molar-refractivity contribution is 6.30. The molecule has 3 nitrogen and oxygen atoms in total. The largest absolute Gasteiger partial charge is 0.492 e. The summed E-state index contributed by atoms with van der Waals surface area (Å²) in [6.07, 6.45) is 0. The van der Waals surface area contributed by atoms with Crippen LogP contribution in [0.2, 0.25) is 5.02 Å². The van der Waals surface area contributed by atoms with Crippen LogP contribution in [0.5, 0.6) is 5.75 Å². The van der Waals surface area contributed by atoms with Gasteiger partial charge in [0.25, 0.3) is 0 Å². The second-order valence-corrected chi connectivity index (χ2v) is 4.29. The Morgan fingerprint density at radius 2 is 1.94 bits per heavy atom. The maximum absolute atomic E-state index is 5.89. The smallest absolute Gasteiger partial charge is 0.121 e. The van der Waals surface area contributed by atoms with Crippen molar-refractivity contribution < 1.29 is 4.74 Å². The summed E-state index contributed by atoms with van der Waals surface area (Å²) < 4.78 is 5.56. The zero-order valence-corrected chi connectivity index (χ0v) is 10.7. The zero-order valence-electron chi connectivity index (χ0n) is 9.90. The van der Waals surface area contributed by atoms with Crippen LogP contribution >= 0.6 is 11.6 Å². The third-order valence-corrected chi connectivity index (χ3v) is 2.62. The predicted octanol–water partition coefficient (Wildman–Crippen LogP) is 3.41. The van der Waals surface area contributed by atoms with Crippen molar-refractivity contribution in [1.29, 1.82) is 0 Å². The van der Waals surface area contributed by atoms with Crippen LogP contribution in [-0.2, 0) is 0 Å². The molecule has 0 aliphatic carbocycles. The van der Waals surface area contributed by atoms with E-state index in [0.717, 1.165) is 16.5 Å². The molecule has 0 spiro atoms. The number of ether oxygens (including phenoxy) is 1. The molecule has 0 unspecified atom stereocenters. The maximum atomic E-state index is 5.89. The third kappa shape index (κ3) is 3.86. The molecule has 0 aliphatic rings. The molecule has 0 saturated heterocycles. The summed E-state index contributed by atoms with van der Waals surface area (Å²) in [4.78, 5) is 0. The summed E-state index contributed by atoms with van der Waals surface area (Å²) in [5, 5.41) is 3.95. The molecule has 2 aromatic rings. The molecule has 94 valence electrons. The number of hydrogen-bond acceptors (Lipinski definition) is 3. The van der Waals surface area contributed by atoms with Gasteiger partial charge in [-0.3, -0.25) is 0 Å². The van der Waals surface area contributed by atoms with E-state index in [1.807, 2.05) is 42.5 Å². The first kappa shape index (κ1) is 12.6. The van der Waals surface area contributed by atoms with Gasteiger partial charge in [-0.25, -0.2) is 0 Å². The van der Waals surface area contributed by atoms with Crippen LogP contribution in [0.25, 0.3) is 0 Å². The number of halogens is 1. The van der Waals surface area contributed by atoms with E-state index < -0.39 is 0 Å². The lowest BCUT2D eigenvalue weighted by Crippen LogP contribution is -2.11. The summed E-state index contributed by atoms with van der Waals surface area (Å²) in [5.74, 6) is 0.780. The Balaban J connectivity index is 1.76. The number of benzene rings is 2. The summed E-state index contributed by atoms with van der Waals surface area (Å²) in [5.41, 5.74) is 7.35. The number of nitrogens with two attached hydrogens (primary N) is 1. The molecule has 0 radical (unpaired) electrons. The maximum Gasteiger partial charge on any atom is 0.121 e. The molecule has 2 rings (SSSR count). The van der Waals surface area contributed by atoms with Crippen LogP contribution in [0.4, 0.5) is 11.4 Å². The summed E-state index contributed by atoms with van der Waals surface area (Å²) in [7, 11) is 0. The average Bonchev–Trinajstić information content (AvgIpc) is 2.35. The van der Waals surface area contributed by atoms with E-state index >= 15 is 0 Å². The van der Waals surface area contributed by atoms with Crippen molar-refractivity contribution in [1.82, 2.24) is 0 Å². The zero-order chi connectivity index (χ0) is 12.8. The van der Waals surface area contributed by atoms with Gasteiger partial charge < -0.3 is 15.8 Å². The fourth-order valence-electron chi connectivity index (χ4n) is 1.57. The molecule has 0 aliphatic heterocycles. The van der Waals surface area contributed by atoms with Crippen LogP contribution < -0.4 is 15.8 Å². The molecule has 0 heterocycles. The SMILES string of the molecule is Nc1cccc(OCCNc2cccc(Cl)c2)c1. The van der Waals surface area contributed by atoms with Crippen molar-refractivity contribution >= 4 is 23.0 Å². The highest BCUT2D eigenvalue weighted by Gasteiger charge is 1.95. The number of nitrogen functional groups attached to an aromatic ring is 1. The minimum atomic E-state index is 0.565. The first-order valence-corrected chi connectivity index (χ1v) is 6.09. The normalized spacial score (nSPS) is 10.1. The van der Waals surface area contributed by atoms with Gasteiger partial charge in [0.2, 0.25) is 0 Å². The van der Waals surface area contributed by atoms with Crippen LogP contribution in [0.15, 0.2) is 48.5 Å². The van der Waals surface area contributed by atoms with E-state index in [9.17, 15) is 0 Å². The van der Waals surface area contributed by atoms with Crippen molar-refractivity contribution in [3.05, 3.63) is 53.6 Å². The molecular formula is C14H15ClN2O. The molecule has 0 fully saturated rings. The lowest BCUT2D eigenvalue weighted by molar-refractivity contribution is 0.333. The lowest BCUT2D eigenvalue weighted by Gasteiger charge is -2.09.